The molecule has 0 saturated heterocycles. The number of anilines is 1. The molecule has 0 spiro atoms. The highest BCUT2D eigenvalue weighted by molar-refractivity contribution is 7.93. The van der Waals surface area contributed by atoms with Gasteiger partial charge in [0.1, 0.15) is 6.54 Å². The van der Waals surface area contributed by atoms with Crippen LogP contribution < -0.4 is 9.62 Å². The SMILES string of the molecule is Cc1ccc(S(=O)(=O)N(CC(=O)N[C@H](C)c2ccc(S(C)(=O)=O)cc2)c2cccc(C)c2C)cc1. The molecule has 0 aliphatic rings. The first kappa shape index (κ1) is 26.4. The molecule has 35 heavy (non-hydrogen) atoms. The van der Waals surface area contributed by atoms with Crippen LogP contribution in [0, 0.1) is 20.8 Å². The van der Waals surface area contributed by atoms with Gasteiger partial charge in [0.15, 0.2) is 9.84 Å². The summed E-state index contributed by atoms with van der Waals surface area (Å²) in [6, 6.07) is 17.6. The van der Waals surface area contributed by atoms with E-state index in [1.165, 1.54) is 24.3 Å². The molecule has 0 saturated carbocycles. The Labute approximate surface area is 207 Å². The highest BCUT2D eigenvalue weighted by Gasteiger charge is 2.29. The molecule has 0 heterocycles. The zero-order chi connectivity index (χ0) is 26.0. The van der Waals surface area contributed by atoms with Gasteiger partial charge in [-0.05, 0) is 74.7 Å². The number of nitrogens with one attached hydrogen (secondary N) is 1. The van der Waals surface area contributed by atoms with Gasteiger partial charge in [0.05, 0.1) is 21.5 Å². The summed E-state index contributed by atoms with van der Waals surface area (Å²) in [5, 5.41) is 2.83. The van der Waals surface area contributed by atoms with Crippen molar-refractivity contribution in [2.45, 2.75) is 43.5 Å². The molecule has 186 valence electrons. The lowest BCUT2D eigenvalue weighted by atomic mass is 10.1. The van der Waals surface area contributed by atoms with Crippen LogP contribution in [-0.2, 0) is 24.7 Å². The zero-order valence-corrected chi connectivity index (χ0v) is 22.1. The largest absolute Gasteiger partial charge is 0.348 e. The van der Waals surface area contributed by atoms with Crippen LogP contribution >= 0.6 is 0 Å². The highest BCUT2D eigenvalue weighted by atomic mass is 32.2. The molecule has 3 rings (SSSR count). The molecule has 0 aliphatic carbocycles. The predicted octanol–water partition coefficient (Wildman–Crippen LogP) is 4.09. The van der Waals surface area contributed by atoms with Crippen molar-refractivity contribution in [1.82, 2.24) is 5.32 Å². The molecule has 0 fully saturated rings. The van der Waals surface area contributed by atoms with Crippen molar-refractivity contribution in [3.8, 4) is 0 Å². The normalized spacial score (nSPS) is 12.7. The van der Waals surface area contributed by atoms with E-state index in [9.17, 15) is 21.6 Å². The van der Waals surface area contributed by atoms with Gasteiger partial charge in [-0.3, -0.25) is 9.10 Å². The van der Waals surface area contributed by atoms with Crippen molar-refractivity contribution < 1.29 is 21.6 Å². The fraction of sp³-hybridized carbons (Fsp3) is 0.269. The van der Waals surface area contributed by atoms with E-state index >= 15 is 0 Å². The minimum Gasteiger partial charge on any atom is -0.348 e. The Bertz CT molecular complexity index is 1430. The number of rotatable bonds is 8. The summed E-state index contributed by atoms with van der Waals surface area (Å²) in [5.74, 6) is -0.485. The first-order valence-electron chi connectivity index (χ1n) is 11.1. The Kier molecular flexibility index (Phi) is 7.71. The van der Waals surface area contributed by atoms with E-state index in [1.54, 1.807) is 43.3 Å². The van der Waals surface area contributed by atoms with Crippen molar-refractivity contribution in [2.75, 3.05) is 17.1 Å². The van der Waals surface area contributed by atoms with Gasteiger partial charge in [0.2, 0.25) is 5.91 Å². The number of sulfonamides is 1. The number of hydrogen-bond donors (Lipinski definition) is 1. The van der Waals surface area contributed by atoms with Crippen molar-refractivity contribution in [1.29, 1.82) is 0 Å². The van der Waals surface area contributed by atoms with E-state index in [1.807, 2.05) is 26.8 Å². The molecule has 7 nitrogen and oxygen atoms in total. The standard InChI is InChI=1S/C26H30N2O5S2/c1-18-9-13-24(14-10-18)35(32,33)28(25-8-6-7-19(2)20(25)3)17-26(29)27-21(4)22-11-15-23(16-12-22)34(5,30)31/h6-16,21H,17H2,1-5H3,(H,27,29)/t21-/m1/s1. The molecule has 0 aliphatic heterocycles. The van der Waals surface area contributed by atoms with Crippen LogP contribution in [-0.4, -0.2) is 35.5 Å². The van der Waals surface area contributed by atoms with E-state index in [0.29, 0.717) is 11.3 Å². The molecule has 3 aromatic carbocycles. The van der Waals surface area contributed by atoms with E-state index in [4.69, 9.17) is 0 Å². The first-order valence-corrected chi connectivity index (χ1v) is 14.4. The van der Waals surface area contributed by atoms with E-state index < -0.39 is 38.4 Å². The molecule has 1 N–H and O–H groups in total. The fourth-order valence-electron chi connectivity index (χ4n) is 3.65. The van der Waals surface area contributed by atoms with Gasteiger partial charge < -0.3 is 5.32 Å². The third-order valence-corrected chi connectivity index (χ3v) is 8.83. The van der Waals surface area contributed by atoms with Gasteiger partial charge in [0, 0.05) is 6.26 Å². The first-order chi connectivity index (χ1) is 16.3. The van der Waals surface area contributed by atoms with Crippen molar-refractivity contribution in [2.24, 2.45) is 0 Å². The van der Waals surface area contributed by atoms with Gasteiger partial charge in [0.25, 0.3) is 10.0 Å². The lowest BCUT2D eigenvalue weighted by Crippen LogP contribution is -2.42. The second-order valence-electron chi connectivity index (χ2n) is 8.67. The summed E-state index contributed by atoms with van der Waals surface area (Å²) in [4.78, 5) is 13.3. The lowest BCUT2D eigenvalue weighted by molar-refractivity contribution is -0.120. The Balaban J connectivity index is 1.91. The fourth-order valence-corrected chi connectivity index (χ4v) is 5.76. The van der Waals surface area contributed by atoms with E-state index in [-0.39, 0.29) is 9.79 Å². The summed E-state index contributed by atoms with van der Waals surface area (Å²) in [6.45, 7) is 6.93. The Morgan fingerprint density at radius 1 is 0.857 bits per heavy atom. The third-order valence-electron chi connectivity index (χ3n) is 5.93. The zero-order valence-electron chi connectivity index (χ0n) is 20.4. The van der Waals surface area contributed by atoms with Crippen LogP contribution in [0.2, 0.25) is 0 Å². The number of nitrogens with zero attached hydrogens (tertiary/aromatic N) is 1. The Morgan fingerprint density at radius 2 is 1.43 bits per heavy atom. The number of carbonyl (C=O) groups excluding carboxylic acids is 1. The smallest absolute Gasteiger partial charge is 0.264 e. The maximum atomic E-state index is 13.6. The number of amides is 1. The molecule has 9 heteroatoms. The molecular weight excluding hydrogens is 484 g/mol. The number of hydrogen-bond acceptors (Lipinski definition) is 5. The summed E-state index contributed by atoms with van der Waals surface area (Å²) >= 11 is 0. The van der Waals surface area contributed by atoms with Crippen LogP contribution in [0.25, 0.3) is 0 Å². The minimum absolute atomic E-state index is 0.0984. The van der Waals surface area contributed by atoms with Gasteiger partial charge >= 0.3 is 0 Å². The number of benzene rings is 3. The molecule has 0 radical (unpaired) electrons. The monoisotopic (exact) mass is 514 g/mol. The molecule has 1 amide bonds. The molecule has 3 aromatic rings. The summed E-state index contributed by atoms with van der Waals surface area (Å²) in [5.41, 5.74) is 3.73. The van der Waals surface area contributed by atoms with Crippen LogP contribution in [0.4, 0.5) is 5.69 Å². The van der Waals surface area contributed by atoms with Crippen molar-refractivity contribution >= 4 is 31.5 Å². The second-order valence-corrected chi connectivity index (χ2v) is 12.6. The Hall–Kier alpha value is -3.17. The average molecular weight is 515 g/mol. The van der Waals surface area contributed by atoms with Crippen LogP contribution in [0.15, 0.2) is 76.5 Å². The topological polar surface area (TPSA) is 101 Å². The second kappa shape index (κ2) is 10.2. The molecule has 0 unspecified atom stereocenters. The number of aryl methyl sites for hydroxylation is 2. The van der Waals surface area contributed by atoms with Gasteiger partial charge in [-0.25, -0.2) is 16.8 Å². The number of sulfone groups is 1. The van der Waals surface area contributed by atoms with E-state index in [0.717, 1.165) is 27.3 Å². The maximum Gasteiger partial charge on any atom is 0.264 e. The van der Waals surface area contributed by atoms with Gasteiger partial charge in [-0.15, -0.1) is 0 Å². The maximum absolute atomic E-state index is 13.6. The van der Waals surface area contributed by atoms with Gasteiger partial charge in [-0.1, -0.05) is 42.0 Å². The summed E-state index contributed by atoms with van der Waals surface area (Å²) < 4.78 is 51.8. The molecule has 1 atom stereocenters. The highest BCUT2D eigenvalue weighted by Crippen LogP contribution is 2.29. The predicted molar refractivity (Wildman–Crippen MR) is 138 cm³/mol. The van der Waals surface area contributed by atoms with Crippen LogP contribution in [0.1, 0.15) is 35.2 Å². The Morgan fingerprint density at radius 3 is 2.00 bits per heavy atom. The lowest BCUT2D eigenvalue weighted by Gasteiger charge is -2.27. The average Bonchev–Trinajstić information content (AvgIpc) is 2.79. The quantitative estimate of drug-likeness (QED) is 0.488. The van der Waals surface area contributed by atoms with Gasteiger partial charge in [-0.2, -0.15) is 0 Å². The van der Waals surface area contributed by atoms with Crippen LogP contribution in [0.5, 0.6) is 0 Å². The summed E-state index contributed by atoms with van der Waals surface area (Å²) in [7, 11) is -7.35. The van der Waals surface area contributed by atoms with E-state index in [2.05, 4.69) is 5.32 Å². The van der Waals surface area contributed by atoms with Crippen molar-refractivity contribution in [3.05, 3.63) is 89.0 Å². The molecule has 0 aromatic heterocycles. The molecular formula is C26H30N2O5S2. The minimum atomic E-state index is -4.02. The third kappa shape index (κ3) is 6.10. The van der Waals surface area contributed by atoms with Crippen LogP contribution in [0.3, 0.4) is 0 Å². The van der Waals surface area contributed by atoms with Crippen molar-refractivity contribution in [3.63, 3.8) is 0 Å². The summed E-state index contributed by atoms with van der Waals surface area (Å²) in [6.07, 6.45) is 1.13. The molecule has 0 bridgehead atoms. The number of carbonyl (C=O) groups is 1.